The Morgan fingerprint density at radius 1 is 1.22 bits per heavy atom. The average molecular weight is 511 g/mol. The lowest BCUT2D eigenvalue weighted by Crippen LogP contribution is -2.57. The number of amides is 1. The molecule has 1 aliphatic rings. The molecule has 4 rings (SSSR count). The number of aryl methyl sites for hydroxylation is 2. The molecule has 0 spiro atoms. The van der Waals surface area contributed by atoms with Crippen LogP contribution >= 0.6 is 0 Å². The molecule has 0 aliphatic carbocycles. The van der Waals surface area contributed by atoms with E-state index in [9.17, 15) is 26.7 Å². The van der Waals surface area contributed by atoms with E-state index in [1.54, 1.807) is 26.0 Å². The molecular weight excluding hydrogens is 489 g/mol. The maximum atomic E-state index is 14.6. The Balaban J connectivity index is 1.63. The van der Waals surface area contributed by atoms with Gasteiger partial charge in [0.05, 0.1) is 30.8 Å². The fraction of sp³-hybridized carbons (Fsp3) is 0.476. The van der Waals surface area contributed by atoms with Crippen LogP contribution in [0.25, 0.3) is 11.4 Å². The molecule has 1 unspecified atom stereocenters. The lowest BCUT2D eigenvalue weighted by Gasteiger charge is -2.43. The quantitative estimate of drug-likeness (QED) is 0.520. The molecular formula is C21H22F5N9O. The van der Waals surface area contributed by atoms with Crippen LogP contribution in [0.5, 0.6) is 0 Å². The summed E-state index contributed by atoms with van der Waals surface area (Å²) >= 11 is 0. The second-order valence-corrected chi connectivity index (χ2v) is 8.66. The van der Waals surface area contributed by atoms with E-state index in [0.717, 1.165) is 4.90 Å². The zero-order valence-electron chi connectivity index (χ0n) is 19.5. The maximum absolute atomic E-state index is 14.6. The minimum Gasteiger partial charge on any atom is -0.352 e. The van der Waals surface area contributed by atoms with E-state index in [-0.39, 0.29) is 29.6 Å². The van der Waals surface area contributed by atoms with Crippen molar-refractivity contribution in [3.63, 3.8) is 0 Å². The van der Waals surface area contributed by atoms with Crippen molar-refractivity contribution in [1.82, 2.24) is 40.1 Å². The number of hydrogen-bond acceptors (Lipinski definition) is 8. The molecule has 1 saturated heterocycles. The zero-order valence-corrected chi connectivity index (χ0v) is 19.5. The second kappa shape index (κ2) is 9.35. The molecule has 2 atom stereocenters. The summed E-state index contributed by atoms with van der Waals surface area (Å²) in [6.07, 6.45) is -3.83. The monoisotopic (exact) mass is 511 g/mol. The second-order valence-electron chi connectivity index (χ2n) is 8.66. The Kier molecular flexibility index (Phi) is 6.58. The molecule has 15 heteroatoms. The first-order valence-electron chi connectivity index (χ1n) is 10.9. The number of aromatic nitrogens is 7. The van der Waals surface area contributed by atoms with Crippen LogP contribution in [0.15, 0.2) is 24.5 Å². The first kappa shape index (κ1) is 25.3. The molecule has 1 aliphatic heterocycles. The number of likely N-dealkylation sites (tertiary alicyclic amines) is 1. The molecule has 36 heavy (non-hydrogen) atoms. The van der Waals surface area contributed by atoms with E-state index in [2.05, 4.69) is 35.7 Å². The van der Waals surface area contributed by atoms with Gasteiger partial charge in [0.2, 0.25) is 11.8 Å². The zero-order chi connectivity index (χ0) is 26.3. The molecule has 0 radical (unpaired) electrons. The minimum atomic E-state index is -4.60. The SMILES string of the molecule is Cc1ccc(-c2nnn(C)n2)c(C(=O)N2CC(F)(F)CC(C)[C@H]2CNc2ncc(C(F)(F)F)cn2)n1. The smallest absolute Gasteiger partial charge is 0.352 e. The fourth-order valence-electron chi connectivity index (χ4n) is 4.07. The van der Waals surface area contributed by atoms with Crippen molar-refractivity contribution < 1.29 is 26.7 Å². The van der Waals surface area contributed by atoms with Crippen molar-refractivity contribution in [3.8, 4) is 11.4 Å². The van der Waals surface area contributed by atoms with E-state index >= 15 is 0 Å². The van der Waals surface area contributed by atoms with Crippen molar-refractivity contribution in [2.24, 2.45) is 13.0 Å². The van der Waals surface area contributed by atoms with Gasteiger partial charge in [-0.15, -0.1) is 10.2 Å². The van der Waals surface area contributed by atoms with Crippen molar-refractivity contribution in [3.05, 3.63) is 41.5 Å². The Morgan fingerprint density at radius 2 is 1.92 bits per heavy atom. The Hall–Kier alpha value is -3.78. The lowest BCUT2D eigenvalue weighted by molar-refractivity contribution is -0.138. The predicted molar refractivity (Wildman–Crippen MR) is 116 cm³/mol. The molecule has 1 amide bonds. The highest BCUT2D eigenvalue weighted by molar-refractivity contribution is 5.98. The first-order chi connectivity index (χ1) is 16.8. The van der Waals surface area contributed by atoms with Gasteiger partial charge in [-0.1, -0.05) is 6.92 Å². The van der Waals surface area contributed by atoms with E-state index < -0.39 is 48.5 Å². The number of carbonyl (C=O) groups is 1. The molecule has 0 aromatic carbocycles. The van der Waals surface area contributed by atoms with Crippen molar-refractivity contribution in [2.75, 3.05) is 18.4 Å². The Labute approximate surface area is 201 Å². The van der Waals surface area contributed by atoms with Crippen molar-refractivity contribution in [1.29, 1.82) is 0 Å². The van der Waals surface area contributed by atoms with Gasteiger partial charge >= 0.3 is 6.18 Å². The van der Waals surface area contributed by atoms with Crippen LogP contribution in [0, 0.1) is 12.8 Å². The number of halogens is 5. The lowest BCUT2D eigenvalue weighted by atomic mass is 9.88. The van der Waals surface area contributed by atoms with Gasteiger partial charge in [-0.25, -0.2) is 23.7 Å². The van der Waals surface area contributed by atoms with Gasteiger partial charge in [0, 0.05) is 31.1 Å². The third kappa shape index (κ3) is 5.39. The van der Waals surface area contributed by atoms with Gasteiger partial charge in [0.25, 0.3) is 11.8 Å². The van der Waals surface area contributed by atoms with E-state index in [1.807, 2.05) is 0 Å². The number of nitrogens with one attached hydrogen (secondary N) is 1. The van der Waals surface area contributed by atoms with E-state index in [0.29, 0.717) is 18.1 Å². The molecule has 0 bridgehead atoms. The van der Waals surface area contributed by atoms with Gasteiger partial charge in [-0.05, 0) is 30.2 Å². The summed E-state index contributed by atoms with van der Waals surface area (Å²) in [4.78, 5) is 27.4. The Morgan fingerprint density at radius 3 is 2.53 bits per heavy atom. The molecule has 1 fully saturated rings. The normalized spacial score (nSPS) is 19.8. The summed E-state index contributed by atoms with van der Waals surface area (Å²) in [6.45, 7) is 2.29. The molecule has 4 heterocycles. The summed E-state index contributed by atoms with van der Waals surface area (Å²) in [5.74, 6) is -4.59. The number of anilines is 1. The van der Waals surface area contributed by atoms with Crippen LogP contribution in [-0.4, -0.2) is 71.0 Å². The third-order valence-electron chi connectivity index (χ3n) is 5.78. The number of carbonyl (C=O) groups excluding carboxylic acids is 1. The number of tetrazole rings is 1. The summed E-state index contributed by atoms with van der Waals surface area (Å²) in [6, 6.07) is 2.45. The average Bonchev–Trinajstić information content (AvgIpc) is 3.22. The van der Waals surface area contributed by atoms with Gasteiger partial charge in [0.1, 0.15) is 5.69 Å². The molecule has 3 aromatic rings. The summed E-state index contributed by atoms with van der Waals surface area (Å²) < 4.78 is 67.5. The largest absolute Gasteiger partial charge is 0.419 e. The van der Waals surface area contributed by atoms with Crippen LogP contribution in [-0.2, 0) is 13.2 Å². The summed E-state index contributed by atoms with van der Waals surface area (Å²) in [7, 11) is 1.54. The van der Waals surface area contributed by atoms with Crippen LogP contribution in [0.1, 0.15) is 35.1 Å². The van der Waals surface area contributed by atoms with Crippen LogP contribution in [0.2, 0.25) is 0 Å². The van der Waals surface area contributed by atoms with Gasteiger partial charge in [-0.3, -0.25) is 4.79 Å². The molecule has 1 N–H and O–H groups in total. The van der Waals surface area contributed by atoms with Gasteiger partial charge in [-0.2, -0.15) is 18.0 Å². The number of rotatable bonds is 5. The predicted octanol–water partition coefficient (Wildman–Crippen LogP) is 2.99. The fourth-order valence-corrected chi connectivity index (χ4v) is 4.07. The topological polar surface area (TPSA) is 115 Å². The minimum absolute atomic E-state index is 0.0705. The molecule has 10 nitrogen and oxygen atoms in total. The van der Waals surface area contributed by atoms with Crippen LogP contribution in [0.4, 0.5) is 27.9 Å². The summed E-state index contributed by atoms with van der Waals surface area (Å²) in [5.41, 5.74) is -0.413. The number of alkyl halides is 5. The number of hydrogen-bond donors (Lipinski definition) is 1. The highest BCUT2D eigenvalue weighted by Crippen LogP contribution is 2.36. The summed E-state index contributed by atoms with van der Waals surface area (Å²) in [5, 5.41) is 14.5. The van der Waals surface area contributed by atoms with Gasteiger partial charge in [0.15, 0.2) is 0 Å². The molecule has 192 valence electrons. The molecule has 3 aromatic heterocycles. The number of piperidine rings is 1. The maximum Gasteiger partial charge on any atom is 0.419 e. The van der Waals surface area contributed by atoms with Crippen molar-refractivity contribution in [2.45, 2.75) is 38.4 Å². The van der Waals surface area contributed by atoms with E-state index in [1.165, 1.54) is 11.8 Å². The highest BCUT2D eigenvalue weighted by Gasteiger charge is 2.46. The standard InChI is InChI=1S/C21H22F5N9O/c1-11-6-20(22,23)10-35(15(11)9-29-19-27-7-13(8-28-19)21(24,25)26)18(36)16-14(5-4-12(2)30-16)17-31-33-34(3)32-17/h4-5,7-8,11,15H,6,9-10H2,1-3H3,(H,27,28,29)/t11?,15-/m1/s1. The number of nitrogens with zero attached hydrogens (tertiary/aromatic N) is 8. The highest BCUT2D eigenvalue weighted by atomic mass is 19.4. The number of pyridine rings is 1. The van der Waals surface area contributed by atoms with Crippen LogP contribution < -0.4 is 5.32 Å². The third-order valence-corrected chi connectivity index (χ3v) is 5.78. The van der Waals surface area contributed by atoms with Crippen LogP contribution in [0.3, 0.4) is 0 Å². The molecule has 0 saturated carbocycles. The first-order valence-corrected chi connectivity index (χ1v) is 10.9. The van der Waals surface area contributed by atoms with Crippen molar-refractivity contribution >= 4 is 11.9 Å². The van der Waals surface area contributed by atoms with E-state index in [4.69, 9.17) is 0 Å². The Bertz CT molecular complexity index is 1250. The van der Waals surface area contributed by atoms with Gasteiger partial charge < -0.3 is 10.2 Å².